The number of hydrogen-bond acceptors (Lipinski definition) is 0. The molecule has 0 radical (unpaired) electrons. The monoisotopic (exact) mass is 516 g/mol. The van der Waals surface area contributed by atoms with Gasteiger partial charge in [-0.15, -0.1) is 0 Å². The predicted octanol–water partition coefficient (Wildman–Crippen LogP) is 10.4. The minimum atomic E-state index is -0.912. The van der Waals surface area contributed by atoms with E-state index in [4.69, 9.17) is 0 Å². The second-order valence-electron chi connectivity index (χ2n) is 9.59. The largest absolute Gasteiger partial charge is 0.203 e. The third-order valence-corrected chi connectivity index (χ3v) is 6.80. The molecule has 0 aromatic heterocycles. The van der Waals surface area contributed by atoms with Crippen LogP contribution in [0.2, 0.25) is 0 Å². The van der Waals surface area contributed by atoms with E-state index in [1.807, 2.05) is 24.3 Å². The molecular formula is C34H32F4. The quantitative estimate of drug-likeness (QED) is 0.112. The lowest BCUT2D eigenvalue weighted by Gasteiger charge is -2.09. The lowest BCUT2D eigenvalue weighted by Crippen LogP contribution is -1.97. The van der Waals surface area contributed by atoms with Crippen molar-refractivity contribution in [3.05, 3.63) is 118 Å². The number of rotatable bonds is 10. The van der Waals surface area contributed by atoms with Gasteiger partial charge in [0.15, 0.2) is 23.3 Å². The van der Waals surface area contributed by atoms with Crippen LogP contribution < -0.4 is 0 Å². The lowest BCUT2D eigenvalue weighted by molar-refractivity contribution is 0.498. The van der Waals surface area contributed by atoms with E-state index in [1.165, 1.54) is 6.08 Å². The summed E-state index contributed by atoms with van der Waals surface area (Å²) in [5.41, 5.74) is 4.01. The first kappa shape index (κ1) is 27.4. The van der Waals surface area contributed by atoms with Crippen molar-refractivity contribution in [2.75, 3.05) is 0 Å². The van der Waals surface area contributed by atoms with Crippen LogP contribution in [0.15, 0.2) is 72.8 Å². The molecule has 0 spiro atoms. The zero-order valence-electron chi connectivity index (χ0n) is 21.8. The maximum Gasteiger partial charge on any atom is 0.167 e. The molecule has 0 N–H and O–H groups in total. The Hall–Kier alpha value is -3.66. The van der Waals surface area contributed by atoms with Gasteiger partial charge < -0.3 is 0 Å². The Morgan fingerprint density at radius 3 is 1.76 bits per heavy atom. The highest BCUT2D eigenvalue weighted by Crippen LogP contribution is 2.30. The van der Waals surface area contributed by atoms with Gasteiger partial charge in [-0.25, -0.2) is 17.6 Å². The summed E-state index contributed by atoms with van der Waals surface area (Å²) in [6.45, 7) is 4.16. The third kappa shape index (κ3) is 6.24. The van der Waals surface area contributed by atoms with Crippen LogP contribution in [0.25, 0.3) is 34.4 Å². The fourth-order valence-corrected chi connectivity index (χ4v) is 4.59. The molecule has 0 unspecified atom stereocenters. The summed E-state index contributed by atoms with van der Waals surface area (Å²) in [7, 11) is 0. The second kappa shape index (κ2) is 12.7. The van der Waals surface area contributed by atoms with Crippen LogP contribution in [0.5, 0.6) is 0 Å². The van der Waals surface area contributed by atoms with Gasteiger partial charge in [-0.1, -0.05) is 118 Å². The first-order chi connectivity index (χ1) is 18.4. The number of unbranched alkanes of at least 4 members (excludes halogenated alkanes) is 2. The molecule has 196 valence electrons. The molecular weight excluding hydrogens is 484 g/mol. The van der Waals surface area contributed by atoms with Gasteiger partial charge in [0, 0.05) is 16.7 Å². The molecule has 38 heavy (non-hydrogen) atoms. The van der Waals surface area contributed by atoms with Crippen molar-refractivity contribution in [2.24, 2.45) is 0 Å². The zero-order valence-corrected chi connectivity index (χ0v) is 21.8. The van der Waals surface area contributed by atoms with E-state index in [9.17, 15) is 17.6 Å². The summed E-state index contributed by atoms with van der Waals surface area (Å²) in [5.74, 6) is -3.44. The van der Waals surface area contributed by atoms with E-state index in [-0.39, 0.29) is 16.7 Å². The van der Waals surface area contributed by atoms with E-state index >= 15 is 0 Å². The molecule has 0 amide bonds. The number of halogens is 4. The molecule has 0 heterocycles. The van der Waals surface area contributed by atoms with E-state index in [2.05, 4.69) is 13.8 Å². The Kier molecular flexibility index (Phi) is 9.17. The summed E-state index contributed by atoms with van der Waals surface area (Å²) < 4.78 is 59.0. The number of hydrogen-bond donors (Lipinski definition) is 0. The molecule has 0 aliphatic carbocycles. The van der Waals surface area contributed by atoms with E-state index in [1.54, 1.807) is 54.6 Å². The summed E-state index contributed by atoms with van der Waals surface area (Å²) in [6, 6.07) is 20.8. The van der Waals surface area contributed by atoms with Gasteiger partial charge in [-0.05, 0) is 47.1 Å². The smallest absolute Gasteiger partial charge is 0.167 e. The van der Waals surface area contributed by atoms with Gasteiger partial charge in [0.05, 0.1) is 0 Å². The molecule has 0 nitrogen and oxygen atoms in total. The van der Waals surface area contributed by atoms with Gasteiger partial charge in [-0.2, -0.15) is 0 Å². The molecule has 4 aromatic carbocycles. The standard InChI is InChI=1S/C34H32F4/c1-3-5-6-8-27-19-21-29(33(37)31(27)35)26-16-11-24(12-17-26)13-18-28-20-22-30(34(38)32(28)36)25-14-9-23(7-4-2)10-15-25/h9-22H,3-8H2,1-2H3. The number of aryl methyl sites for hydroxylation is 2. The highest BCUT2D eigenvalue weighted by atomic mass is 19.2. The maximum absolute atomic E-state index is 14.9. The van der Waals surface area contributed by atoms with Crippen LogP contribution in [0.3, 0.4) is 0 Å². The summed E-state index contributed by atoms with van der Waals surface area (Å²) in [6.07, 6.45) is 8.47. The van der Waals surface area contributed by atoms with Gasteiger partial charge >= 0.3 is 0 Å². The van der Waals surface area contributed by atoms with Crippen LogP contribution in [-0.4, -0.2) is 0 Å². The Balaban J connectivity index is 1.49. The summed E-state index contributed by atoms with van der Waals surface area (Å²) in [5, 5.41) is 0. The molecule has 0 saturated heterocycles. The first-order valence-electron chi connectivity index (χ1n) is 13.3. The highest BCUT2D eigenvalue weighted by Gasteiger charge is 2.15. The molecule has 0 saturated carbocycles. The molecule has 0 aliphatic rings. The Morgan fingerprint density at radius 1 is 0.526 bits per heavy atom. The van der Waals surface area contributed by atoms with Crippen LogP contribution in [0, 0.1) is 23.3 Å². The zero-order chi connectivity index (χ0) is 27.1. The molecule has 0 atom stereocenters. The molecule has 0 fully saturated rings. The Labute approximate surface area is 222 Å². The predicted molar refractivity (Wildman–Crippen MR) is 150 cm³/mol. The van der Waals surface area contributed by atoms with Crippen molar-refractivity contribution >= 4 is 12.2 Å². The minimum absolute atomic E-state index is 0.129. The normalized spacial score (nSPS) is 11.4. The van der Waals surface area contributed by atoms with Crippen molar-refractivity contribution in [2.45, 2.75) is 52.4 Å². The van der Waals surface area contributed by atoms with Crippen molar-refractivity contribution < 1.29 is 17.6 Å². The topological polar surface area (TPSA) is 0 Å². The van der Waals surface area contributed by atoms with Crippen LogP contribution in [0.4, 0.5) is 17.6 Å². The fourth-order valence-electron chi connectivity index (χ4n) is 4.59. The molecule has 0 aliphatic heterocycles. The van der Waals surface area contributed by atoms with E-state index in [0.29, 0.717) is 23.1 Å². The van der Waals surface area contributed by atoms with Crippen molar-refractivity contribution in [3.8, 4) is 22.3 Å². The first-order valence-corrected chi connectivity index (χ1v) is 13.3. The van der Waals surface area contributed by atoms with Crippen molar-refractivity contribution in [3.63, 3.8) is 0 Å². The highest BCUT2D eigenvalue weighted by molar-refractivity contribution is 5.74. The average Bonchev–Trinajstić information content (AvgIpc) is 2.93. The molecule has 4 aromatic rings. The van der Waals surface area contributed by atoms with E-state index in [0.717, 1.165) is 43.2 Å². The van der Waals surface area contributed by atoms with Gasteiger partial charge in [0.1, 0.15) is 0 Å². The van der Waals surface area contributed by atoms with Crippen molar-refractivity contribution in [1.29, 1.82) is 0 Å². The molecule has 0 bridgehead atoms. The number of benzene rings is 4. The van der Waals surface area contributed by atoms with Crippen LogP contribution in [0.1, 0.15) is 61.8 Å². The van der Waals surface area contributed by atoms with E-state index < -0.39 is 23.3 Å². The SMILES string of the molecule is CCCCCc1ccc(-c2ccc(C=Cc3ccc(-c4ccc(CCC)cc4)c(F)c3F)cc2)c(F)c1F. The maximum atomic E-state index is 14.9. The van der Waals surface area contributed by atoms with Gasteiger partial charge in [0.2, 0.25) is 0 Å². The minimum Gasteiger partial charge on any atom is -0.203 e. The molecule has 4 heteroatoms. The Morgan fingerprint density at radius 2 is 1.13 bits per heavy atom. The third-order valence-electron chi connectivity index (χ3n) is 6.80. The molecule has 4 rings (SSSR count). The Bertz CT molecular complexity index is 1400. The lowest BCUT2D eigenvalue weighted by atomic mass is 9.98. The van der Waals surface area contributed by atoms with Gasteiger partial charge in [-0.3, -0.25) is 0 Å². The second-order valence-corrected chi connectivity index (χ2v) is 9.59. The van der Waals surface area contributed by atoms with Crippen molar-refractivity contribution in [1.82, 2.24) is 0 Å². The van der Waals surface area contributed by atoms with Crippen LogP contribution in [-0.2, 0) is 12.8 Å². The fraction of sp³-hybridized carbons (Fsp3) is 0.235. The van der Waals surface area contributed by atoms with Crippen LogP contribution >= 0.6 is 0 Å². The average molecular weight is 517 g/mol. The summed E-state index contributed by atoms with van der Waals surface area (Å²) in [4.78, 5) is 0. The van der Waals surface area contributed by atoms with Gasteiger partial charge in [0.25, 0.3) is 0 Å². The summed E-state index contributed by atoms with van der Waals surface area (Å²) >= 11 is 0.